The van der Waals surface area contributed by atoms with Crippen LogP contribution in [0.1, 0.15) is 12.0 Å². The largest absolute Gasteiger partial charge is 0.488 e. The van der Waals surface area contributed by atoms with Crippen LogP contribution in [0.25, 0.3) is 0 Å². The lowest BCUT2D eigenvalue weighted by Crippen LogP contribution is -2.41. The van der Waals surface area contributed by atoms with Gasteiger partial charge < -0.3 is 15.4 Å². The molecule has 0 saturated carbocycles. The van der Waals surface area contributed by atoms with Crippen molar-refractivity contribution < 1.29 is 9.53 Å². The zero-order chi connectivity index (χ0) is 15.2. The van der Waals surface area contributed by atoms with Gasteiger partial charge in [-0.05, 0) is 24.1 Å². The zero-order valence-corrected chi connectivity index (χ0v) is 12.4. The van der Waals surface area contributed by atoms with Gasteiger partial charge in [0, 0.05) is 31.9 Å². The van der Waals surface area contributed by atoms with Crippen molar-refractivity contribution in [1.82, 2.24) is 20.4 Å². The molecule has 2 N–H and O–H groups in total. The first-order valence-electron chi connectivity index (χ1n) is 7.55. The Hall–Kier alpha value is -2.50. The Balaban J connectivity index is 1.30. The number of benzene rings is 1. The zero-order valence-electron chi connectivity index (χ0n) is 12.4. The summed E-state index contributed by atoms with van der Waals surface area (Å²) in [6.07, 6.45) is 5.37. The predicted octanol–water partition coefficient (Wildman–Crippen LogP) is 1.58. The van der Waals surface area contributed by atoms with Gasteiger partial charge in [0.25, 0.3) is 0 Å². The highest BCUT2D eigenvalue weighted by molar-refractivity contribution is 5.73. The number of fused-ring (bicyclic) bond motifs is 1. The molecule has 3 rings (SSSR count). The summed E-state index contributed by atoms with van der Waals surface area (Å²) in [7, 11) is 0. The second-order valence-electron chi connectivity index (χ2n) is 5.31. The van der Waals surface area contributed by atoms with Gasteiger partial charge in [0.1, 0.15) is 11.9 Å². The van der Waals surface area contributed by atoms with Gasteiger partial charge in [-0.1, -0.05) is 18.2 Å². The molecule has 1 aromatic heterocycles. The minimum Gasteiger partial charge on any atom is -0.488 e. The molecule has 0 spiro atoms. The molecular formula is C16H20N4O2. The predicted molar refractivity (Wildman–Crippen MR) is 82.8 cm³/mol. The van der Waals surface area contributed by atoms with E-state index in [1.807, 2.05) is 35.1 Å². The molecule has 1 unspecified atom stereocenters. The quantitative estimate of drug-likeness (QED) is 0.796. The van der Waals surface area contributed by atoms with Gasteiger partial charge in [-0.25, -0.2) is 4.79 Å². The number of carbonyl (C=O) groups excluding carboxylic acids is 1. The van der Waals surface area contributed by atoms with Gasteiger partial charge in [0.2, 0.25) is 0 Å². The average molecular weight is 300 g/mol. The van der Waals surface area contributed by atoms with Crippen molar-refractivity contribution in [2.45, 2.75) is 25.5 Å². The summed E-state index contributed by atoms with van der Waals surface area (Å²) in [6.45, 7) is 1.94. The Kier molecular flexibility index (Phi) is 4.58. The summed E-state index contributed by atoms with van der Waals surface area (Å²) in [5.74, 6) is 0.925. The van der Waals surface area contributed by atoms with E-state index < -0.39 is 0 Å². The number of carbonyl (C=O) groups is 1. The number of urea groups is 1. The molecule has 0 fully saturated rings. The first-order chi connectivity index (χ1) is 10.8. The van der Waals surface area contributed by atoms with Crippen LogP contribution in [-0.4, -0.2) is 35.0 Å². The molecule has 6 heteroatoms. The number of hydrogen-bond donors (Lipinski definition) is 2. The van der Waals surface area contributed by atoms with Crippen LogP contribution < -0.4 is 15.4 Å². The van der Waals surface area contributed by atoms with Crippen LogP contribution in [0.3, 0.4) is 0 Å². The molecule has 0 bridgehead atoms. The molecule has 1 aliphatic rings. The maximum Gasteiger partial charge on any atom is 0.314 e. The lowest BCUT2D eigenvalue weighted by atomic mass is 10.1. The van der Waals surface area contributed by atoms with Gasteiger partial charge in [-0.2, -0.15) is 5.10 Å². The number of amides is 2. The SMILES string of the molecule is O=C(NCCCn1cccn1)NCC1Cc2ccccc2O1. The van der Waals surface area contributed by atoms with Gasteiger partial charge in [0.15, 0.2) is 0 Å². The highest BCUT2D eigenvalue weighted by Crippen LogP contribution is 2.27. The Bertz CT molecular complexity index is 587. The van der Waals surface area contributed by atoms with Crippen LogP contribution in [0, 0.1) is 0 Å². The third kappa shape index (κ3) is 3.78. The van der Waals surface area contributed by atoms with Crippen LogP contribution in [0.4, 0.5) is 4.79 Å². The fraction of sp³-hybridized carbons (Fsp3) is 0.375. The Morgan fingerprint density at radius 2 is 2.23 bits per heavy atom. The Labute approximate surface area is 129 Å². The number of aromatic nitrogens is 2. The molecule has 1 aromatic carbocycles. The fourth-order valence-corrected chi connectivity index (χ4v) is 2.51. The smallest absolute Gasteiger partial charge is 0.314 e. The van der Waals surface area contributed by atoms with Crippen molar-refractivity contribution in [3.8, 4) is 5.75 Å². The minimum atomic E-state index is -0.153. The lowest BCUT2D eigenvalue weighted by Gasteiger charge is -2.12. The van der Waals surface area contributed by atoms with E-state index in [9.17, 15) is 4.79 Å². The van der Waals surface area contributed by atoms with Gasteiger partial charge >= 0.3 is 6.03 Å². The van der Waals surface area contributed by atoms with Crippen molar-refractivity contribution in [2.75, 3.05) is 13.1 Å². The Morgan fingerprint density at radius 1 is 1.32 bits per heavy atom. The number of nitrogens with one attached hydrogen (secondary N) is 2. The first-order valence-corrected chi connectivity index (χ1v) is 7.55. The van der Waals surface area contributed by atoms with E-state index in [0.29, 0.717) is 13.1 Å². The summed E-state index contributed by atoms with van der Waals surface area (Å²) in [6, 6.07) is 9.72. The molecule has 2 amide bonds. The molecule has 6 nitrogen and oxygen atoms in total. The van der Waals surface area contributed by atoms with E-state index >= 15 is 0 Å². The molecule has 22 heavy (non-hydrogen) atoms. The molecule has 0 radical (unpaired) electrons. The second kappa shape index (κ2) is 6.98. The lowest BCUT2D eigenvalue weighted by molar-refractivity contribution is 0.214. The van der Waals surface area contributed by atoms with Gasteiger partial charge in [0.05, 0.1) is 6.54 Å². The molecular weight excluding hydrogens is 280 g/mol. The third-order valence-corrected chi connectivity index (χ3v) is 3.61. The molecule has 1 atom stereocenters. The molecule has 1 aliphatic heterocycles. The fourth-order valence-electron chi connectivity index (χ4n) is 2.51. The van der Waals surface area contributed by atoms with Crippen molar-refractivity contribution in [2.24, 2.45) is 0 Å². The van der Waals surface area contributed by atoms with Crippen molar-refractivity contribution >= 4 is 6.03 Å². The Morgan fingerprint density at radius 3 is 3.05 bits per heavy atom. The summed E-state index contributed by atoms with van der Waals surface area (Å²) in [4.78, 5) is 11.7. The number of aryl methyl sites for hydroxylation is 1. The minimum absolute atomic E-state index is 0.0206. The van der Waals surface area contributed by atoms with E-state index in [1.165, 1.54) is 5.56 Å². The molecule has 2 aromatic rings. The number of ether oxygens (including phenoxy) is 1. The number of para-hydroxylation sites is 1. The standard InChI is InChI=1S/C16H20N4O2/c21-16(17-7-3-9-20-10-4-8-19-20)18-12-14-11-13-5-1-2-6-15(13)22-14/h1-2,4-6,8,10,14H,3,7,9,11-12H2,(H2,17,18,21). The van der Waals surface area contributed by atoms with Gasteiger partial charge in [-0.15, -0.1) is 0 Å². The van der Waals surface area contributed by atoms with E-state index in [4.69, 9.17) is 4.74 Å². The normalized spacial score (nSPS) is 15.9. The highest BCUT2D eigenvalue weighted by atomic mass is 16.5. The number of rotatable bonds is 6. The maximum absolute atomic E-state index is 11.7. The van der Waals surface area contributed by atoms with E-state index in [1.54, 1.807) is 6.20 Å². The topological polar surface area (TPSA) is 68.2 Å². The van der Waals surface area contributed by atoms with Gasteiger partial charge in [-0.3, -0.25) is 4.68 Å². The van der Waals surface area contributed by atoms with Crippen LogP contribution in [0.15, 0.2) is 42.7 Å². The first kappa shape index (κ1) is 14.4. The molecule has 0 saturated heterocycles. The van der Waals surface area contributed by atoms with E-state index in [0.717, 1.165) is 25.1 Å². The number of hydrogen-bond acceptors (Lipinski definition) is 3. The monoisotopic (exact) mass is 300 g/mol. The highest BCUT2D eigenvalue weighted by Gasteiger charge is 2.22. The molecule has 0 aliphatic carbocycles. The summed E-state index contributed by atoms with van der Waals surface area (Å²) in [5, 5.41) is 9.81. The second-order valence-corrected chi connectivity index (χ2v) is 5.31. The van der Waals surface area contributed by atoms with Crippen LogP contribution in [0.2, 0.25) is 0 Å². The van der Waals surface area contributed by atoms with Crippen LogP contribution in [-0.2, 0) is 13.0 Å². The van der Waals surface area contributed by atoms with E-state index in [2.05, 4.69) is 21.8 Å². The van der Waals surface area contributed by atoms with Crippen molar-refractivity contribution in [3.63, 3.8) is 0 Å². The molecule has 116 valence electrons. The molecule has 2 heterocycles. The summed E-state index contributed by atoms with van der Waals surface area (Å²) in [5.41, 5.74) is 1.20. The number of nitrogens with zero attached hydrogens (tertiary/aromatic N) is 2. The third-order valence-electron chi connectivity index (χ3n) is 3.61. The average Bonchev–Trinajstić information content (AvgIpc) is 3.18. The van der Waals surface area contributed by atoms with Crippen LogP contribution >= 0.6 is 0 Å². The van der Waals surface area contributed by atoms with Crippen LogP contribution in [0.5, 0.6) is 5.75 Å². The van der Waals surface area contributed by atoms with E-state index in [-0.39, 0.29) is 12.1 Å². The van der Waals surface area contributed by atoms with Crippen molar-refractivity contribution in [1.29, 1.82) is 0 Å². The summed E-state index contributed by atoms with van der Waals surface area (Å²) >= 11 is 0. The van der Waals surface area contributed by atoms with Crippen molar-refractivity contribution in [3.05, 3.63) is 48.3 Å². The maximum atomic E-state index is 11.7. The summed E-state index contributed by atoms with van der Waals surface area (Å²) < 4.78 is 7.63.